The SMILES string of the molecule is CC[C@@H](c1ccccc1)N1Cc2cc3c(cc2C[C@H]1C(=O)N[C@@H](Cc1ccc(Oc2ccnc(C)c2C)cc1)C(=O)OC)OC[C@H](c1cccc(OCc2ccc(Cl)c(Cl)c2)c1)O3. The predicted molar refractivity (Wildman–Crippen MR) is 243 cm³/mol. The van der Waals surface area contributed by atoms with Gasteiger partial charge in [0, 0.05) is 36.5 Å². The first-order valence-corrected chi connectivity index (χ1v) is 21.8. The fourth-order valence-corrected chi connectivity index (χ4v) is 8.55. The molecule has 4 atom stereocenters. The van der Waals surface area contributed by atoms with Gasteiger partial charge >= 0.3 is 5.97 Å². The summed E-state index contributed by atoms with van der Waals surface area (Å²) in [6.45, 7) is 7.13. The maximum absolute atomic E-state index is 14.6. The first kappa shape index (κ1) is 43.6. The quantitative estimate of drug-likeness (QED) is 0.107. The fraction of sp³-hybridized carbons (Fsp3) is 0.275. The van der Waals surface area contributed by atoms with Crippen LogP contribution in [-0.4, -0.2) is 47.6 Å². The minimum atomic E-state index is -0.920. The average Bonchev–Trinajstić information content (AvgIpc) is 3.30. The van der Waals surface area contributed by atoms with Crippen LogP contribution in [0.2, 0.25) is 10.0 Å². The van der Waals surface area contributed by atoms with E-state index in [9.17, 15) is 9.59 Å². The van der Waals surface area contributed by atoms with Crippen LogP contribution in [0.15, 0.2) is 121 Å². The van der Waals surface area contributed by atoms with Gasteiger partial charge in [-0.05, 0) is 115 Å². The minimum Gasteiger partial charge on any atom is -0.489 e. The fourth-order valence-electron chi connectivity index (χ4n) is 8.23. The molecule has 0 saturated carbocycles. The van der Waals surface area contributed by atoms with Gasteiger partial charge in [-0.1, -0.05) is 90.8 Å². The van der Waals surface area contributed by atoms with Crippen molar-refractivity contribution in [3.63, 3.8) is 0 Å². The Morgan fingerprint density at radius 2 is 1.63 bits per heavy atom. The number of aryl methyl sites for hydroxylation is 1. The van der Waals surface area contributed by atoms with Gasteiger partial charge in [0.25, 0.3) is 0 Å². The number of amides is 1. The highest BCUT2D eigenvalue weighted by Crippen LogP contribution is 2.43. The summed E-state index contributed by atoms with van der Waals surface area (Å²) in [7, 11) is 1.34. The molecule has 5 aromatic carbocycles. The molecule has 3 heterocycles. The Morgan fingerprint density at radius 3 is 2.40 bits per heavy atom. The number of fused-ring (bicyclic) bond motifs is 2. The summed E-state index contributed by atoms with van der Waals surface area (Å²) in [5.74, 6) is 2.53. The minimum absolute atomic E-state index is 0.0837. The van der Waals surface area contributed by atoms with Crippen molar-refractivity contribution in [1.29, 1.82) is 0 Å². The van der Waals surface area contributed by atoms with Gasteiger partial charge in [0.2, 0.25) is 5.91 Å². The number of hydrogen-bond acceptors (Lipinski definition) is 9. The molecule has 2 aliphatic rings. The van der Waals surface area contributed by atoms with E-state index in [1.165, 1.54) is 7.11 Å². The molecule has 324 valence electrons. The topological polar surface area (TPSA) is 108 Å². The Bertz CT molecular complexity index is 2590. The van der Waals surface area contributed by atoms with E-state index in [-0.39, 0.29) is 24.5 Å². The van der Waals surface area contributed by atoms with Crippen molar-refractivity contribution in [3.8, 4) is 28.7 Å². The second-order valence-corrected chi connectivity index (χ2v) is 16.7. The third kappa shape index (κ3) is 10.1. The number of rotatable bonds is 14. The first-order valence-electron chi connectivity index (χ1n) is 21.1. The number of methoxy groups -OCH3 is 1. The lowest BCUT2D eigenvalue weighted by Crippen LogP contribution is -2.55. The van der Waals surface area contributed by atoms with Crippen LogP contribution in [0.5, 0.6) is 28.7 Å². The average molecular weight is 887 g/mol. The largest absolute Gasteiger partial charge is 0.489 e. The number of esters is 1. The van der Waals surface area contributed by atoms with Crippen LogP contribution in [0.4, 0.5) is 0 Å². The normalized spacial score (nSPS) is 16.6. The molecule has 63 heavy (non-hydrogen) atoms. The molecule has 2 aliphatic heterocycles. The lowest BCUT2D eigenvalue weighted by molar-refractivity contribution is -0.146. The summed E-state index contributed by atoms with van der Waals surface area (Å²) < 4.78 is 30.5. The van der Waals surface area contributed by atoms with Crippen LogP contribution >= 0.6 is 23.2 Å². The number of pyridine rings is 1. The smallest absolute Gasteiger partial charge is 0.328 e. The summed E-state index contributed by atoms with van der Waals surface area (Å²) >= 11 is 12.3. The van der Waals surface area contributed by atoms with Crippen LogP contribution in [0.3, 0.4) is 0 Å². The van der Waals surface area contributed by atoms with E-state index in [1.54, 1.807) is 18.3 Å². The summed E-state index contributed by atoms with van der Waals surface area (Å²) in [4.78, 5) is 34.5. The molecule has 0 radical (unpaired) electrons. The van der Waals surface area contributed by atoms with Gasteiger partial charge in [-0.15, -0.1) is 0 Å². The molecular weight excluding hydrogens is 837 g/mol. The maximum atomic E-state index is 14.6. The van der Waals surface area contributed by atoms with Crippen LogP contribution < -0.4 is 24.3 Å². The molecule has 1 aromatic heterocycles. The molecular formula is C51H49Cl2N3O7. The van der Waals surface area contributed by atoms with Gasteiger partial charge < -0.3 is 29.0 Å². The number of nitrogens with zero attached hydrogens (tertiary/aromatic N) is 2. The molecule has 1 N–H and O–H groups in total. The molecule has 0 fully saturated rings. The zero-order chi connectivity index (χ0) is 44.0. The third-order valence-electron chi connectivity index (χ3n) is 11.8. The Morgan fingerprint density at radius 1 is 0.857 bits per heavy atom. The number of hydrogen-bond donors (Lipinski definition) is 1. The van der Waals surface area contributed by atoms with Gasteiger partial charge in [0.15, 0.2) is 17.6 Å². The number of halogens is 2. The van der Waals surface area contributed by atoms with Crippen LogP contribution in [-0.2, 0) is 40.3 Å². The number of nitrogens with one attached hydrogen (secondary N) is 1. The Hall–Kier alpha value is -6.07. The van der Waals surface area contributed by atoms with E-state index >= 15 is 0 Å². The van der Waals surface area contributed by atoms with Gasteiger partial charge in [-0.2, -0.15) is 0 Å². The molecule has 1 amide bonds. The second kappa shape index (κ2) is 19.5. The van der Waals surface area contributed by atoms with Gasteiger partial charge in [0.1, 0.15) is 36.5 Å². The van der Waals surface area contributed by atoms with Crippen LogP contribution in [0.1, 0.15) is 70.1 Å². The number of carbonyl (C=O) groups excluding carboxylic acids is 2. The van der Waals surface area contributed by atoms with Crippen molar-refractivity contribution in [2.75, 3.05) is 13.7 Å². The van der Waals surface area contributed by atoms with E-state index in [1.807, 2.05) is 105 Å². The van der Waals surface area contributed by atoms with E-state index in [2.05, 4.69) is 34.3 Å². The highest BCUT2D eigenvalue weighted by Gasteiger charge is 2.39. The Labute approximate surface area is 378 Å². The van der Waals surface area contributed by atoms with Gasteiger partial charge in [0.05, 0.1) is 23.2 Å². The van der Waals surface area contributed by atoms with E-state index in [4.69, 9.17) is 46.9 Å². The maximum Gasteiger partial charge on any atom is 0.328 e. The van der Waals surface area contributed by atoms with Crippen molar-refractivity contribution in [2.45, 2.75) is 77.4 Å². The molecule has 8 rings (SSSR count). The summed E-state index contributed by atoms with van der Waals surface area (Å²) in [6.07, 6.45) is 2.74. The van der Waals surface area contributed by atoms with E-state index in [0.717, 1.165) is 56.8 Å². The van der Waals surface area contributed by atoms with Crippen molar-refractivity contribution >= 4 is 35.1 Å². The number of benzene rings is 5. The Kier molecular flexibility index (Phi) is 13.5. The highest BCUT2D eigenvalue weighted by atomic mass is 35.5. The second-order valence-electron chi connectivity index (χ2n) is 15.9. The van der Waals surface area contributed by atoms with Crippen molar-refractivity contribution < 1.29 is 33.3 Å². The summed E-state index contributed by atoms with van der Waals surface area (Å²) in [6, 6.07) is 35.2. The monoisotopic (exact) mass is 885 g/mol. The number of ether oxygens (including phenoxy) is 5. The molecule has 0 unspecified atom stereocenters. The Balaban J connectivity index is 1.00. The molecule has 6 aromatic rings. The molecule has 0 bridgehead atoms. The summed E-state index contributed by atoms with van der Waals surface area (Å²) in [5.41, 5.74) is 7.64. The van der Waals surface area contributed by atoms with E-state index < -0.39 is 18.1 Å². The lowest BCUT2D eigenvalue weighted by Gasteiger charge is -2.42. The van der Waals surface area contributed by atoms with E-state index in [0.29, 0.717) is 59.2 Å². The molecule has 0 spiro atoms. The first-order chi connectivity index (χ1) is 30.6. The third-order valence-corrected chi connectivity index (χ3v) is 12.5. The zero-order valence-electron chi connectivity index (χ0n) is 35.6. The van der Waals surface area contributed by atoms with Crippen molar-refractivity contribution in [2.24, 2.45) is 0 Å². The summed E-state index contributed by atoms with van der Waals surface area (Å²) in [5, 5.41) is 4.06. The van der Waals surface area contributed by atoms with Gasteiger partial charge in [-0.25, -0.2) is 4.79 Å². The highest BCUT2D eigenvalue weighted by molar-refractivity contribution is 6.42. The van der Waals surface area contributed by atoms with Crippen LogP contribution in [0.25, 0.3) is 0 Å². The lowest BCUT2D eigenvalue weighted by atomic mass is 9.89. The molecule has 10 nitrogen and oxygen atoms in total. The number of aromatic nitrogens is 1. The zero-order valence-corrected chi connectivity index (χ0v) is 37.1. The predicted octanol–water partition coefficient (Wildman–Crippen LogP) is 10.7. The van der Waals surface area contributed by atoms with Gasteiger partial charge in [-0.3, -0.25) is 14.7 Å². The van der Waals surface area contributed by atoms with Crippen molar-refractivity contribution in [1.82, 2.24) is 15.2 Å². The van der Waals surface area contributed by atoms with Crippen molar-refractivity contribution in [3.05, 3.63) is 176 Å². The molecule has 0 aliphatic carbocycles. The standard InChI is InChI=1S/C51H49Cl2N3O7/c1-5-44(35-10-7-6-8-11-35)56-28-38-27-48-47(61-30-49(63-48)36-12-9-13-40(24-36)60-29-34-16-19-41(52)42(53)22-34)26-37(38)25-45(56)50(57)55-43(51(58)59-4)23-33-14-17-39(18-15-33)62-46-20-21-54-32(3)31(46)2/h6-22,24,26-27,43-45,49H,5,23,25,28-30H2,1-4H3,(H,55,57)/t43-,44-,45-,49+/m0/s1. The van der Waals surface area contributed by atoms with Crippen LogP contribution in [0, 0.1) is 13.8 Å². The number of carbonyl (C=O) groups is 2. The molecule has 12 heteroatoms. The molecule has 0 saturated heterocycles.